The number of rotatable bonds is 6. The molecule has 1 fully saturated rings. The Morgan fingerprint density at radius 2 is 2.05 bits per heavy atom. The molecule has 1 atom stereocenters. The number of para-hydroxylation sites is 1. The van der Waals surface area contributed by atoms with Crippen molar-refractivity contribution in [2.45, 2.75) is 19.4 Å². The average Bonchev–Trinajstić information content (AvgIpc) is 2.47. The highest BCUT2D eigenvalue weighted by molar-refractivity contribution is 5.35. The summed E-state index contributed by atoms with van der Waals surface area (Å²) < 4.78 is 10.9. The Morgan fingerprint density at radius 1 is 1.32 bits per heavy atom. The minimum absolute atomic E-state index is 0.467. The Labute approximate surface area is 114 Å². The smallest absolute Gasteiger partial charge is 0.125 e. The van der Waals surface area contributed by atoms with Crippen LogP contribution in [0.5, 0.6) is 5.75 Å². The summed E-state index contributed by atoms with van der Waals surface area (Å²) in [5, 5.41) is 10.3. The van der Waals surface area contributed by atoms with Crippen molar-refractivity contribution in [3.8, 4) is 5.75 Å². The lowest BCUT2D eigenvalue weighted by molar-refractivity contribution is 0.0298. The van der Waals surface area contributed by atoms with Crippen molar-refractivity contribution >= 4 is 0 Å². The third-order valence-electron chi connectivity index (χ3n) is 3.40. The van der Waals surface area contributed by atoms with E-state index in [0.717, 1.165) is 50.6 Å². The summed E-state index contributed by atoms with van der Waals surface area (Å²) in [6, 6.07) is 7.73. The van der Waals surface area contributed by atoms with E-state index in [2.05, 4.69) is 4.90 Å². The maximum atomic E-state index is 10.3. The largest absolute Gasteiger partial charge is 0.493 e. The zero-order valence-corrected chi connectivity index (χ0v) is 11.5. The fourth-order valence-electron chi connectivity index (χ4n) is 2.33. The first-order chi connectivity index (χ1) is 9.31. The van der Waals surface area contributed by atoms with E-state index in [4.69, 9.17) is 9.47 Å². The third kappa shape index (κ3) is 4.20. The Balaban J connectivity index is 1.89. The highest BCUT2D eigenvalue weighted by Crippen LogP contribution is 2.27. The summed E-state index contributed by atoms with van der Waals surface area (Å²) in [7, 11) is 0. The molecule has 1 aromatic carbocycles. The molecule has 0 aromatic heterocycles. The van der Waals surface area contributed by atoms with Crippen molar-refractivity contribution in [1.29, 1.82) is 0 Å². The van der Waals surface area contributed by atoms with Crippen LogP contribution in [0, 0.1) is 0 Å². The van der Waals surface area contributed by atoms with E-state index in [1.54, 1.807) is 0 Å². The molecule has 0 aliphatic carbocycles. The van der Waals surface area contributed by atoms with E-state index in [-0.39, 0.29) is 0 Å². The Hall–Kier alpha value is -1.10. The van der Waals surface area contributed by atoms with Crippen molar-refractivity contribution in [2.75, 3.05) is 39.5 Å². The van der Waals surface area contributed by atoms with Gasteiger partial charge in [-0.3, -0.25) is 4.90 Å². The Kier molecular flexibility index (Phi) is 5.63. The van der Waals surface area contributed by atoms with Gasteiger partial charge in [-0.15, -0.1) is 0 Å². The van der Waals surface area contributed by atoms with Gasteiger partial charge in [0.25, 0.3) is 0 Å². The first-order valence-corrected chi connectivity index (χ1v) is 7.01. The summed E-state index contributed by atoms with van der Waals surface area (Å²) in [4.78, 5) is 2.33. The van der Waals surface area contributed by atoms with Crippen molar-refractivity contribution in [3.63, 3.8) is 0 Å². The maximum absolute atomic E-state index is 10.3. The molecule has 1 saturated heterocycles. The molecule has 1 aliphatic rings. The highest BCUT2D eigenvalue weighted by Gasteiger charge is 2.16. The maximum Gasteiger partial charge on any atom is 0.125 e. The second-order valence-corrected chi connectivity index (χ2v) is 4.73. The van der Waals surface area contributed by atoms with Gasteiger partial charge in [0.05, 0.1) is 25.9 Å². The SMILES string of the molecule is CCOc1ccccc1C(O)CCN1CCOCC1. The molecule has 0 amide bonds. The van der Waals surface area contributed by atoms with Crippen LogP contribution in [0.3, 0.4) is 0 Å². The van der Waals surface area contributed by atoms with E-state index in [1.807, 2.05) is 31.2 Å². The number of benzene rings is 1. The minimum atomic E-state index is -0.467. The van der Waals surface area contributed by atoms with Crippen molar-refractivity contribution in [1.82, 2.24) is 4.90 Å². The lowest BCUT2D eigenvalue weighted by Gasteiger charge is -2.27. The summed E-state index contributed by atoms with van der Waals surface area (Å²) in [5.74, 6) is 0.791. The molecule has 0 saturated carbocycles. The molecular weight excluding hydrogens is 242 g/mol. The van der Waals surface area contributed by atoms with E-state index in [9.17, 15) is 5.11 Å². The van der Waals surface area contributed by atoms with Gasteiger partial charge in [0.2, 0.25) is 0 Å². The van der Waals surface area contributed by atoms with Crippen molar-refractivity contribution < 1.29 is 14.6 Å². The number of ether oxygens (including phenoxy) is 2. The Bertz CT molecular complexity index is 377. The summed E-state index contributed by atoms with van der Waals surface area (Å²) in [5.41, 5.74) is 0.887. The molecule has 0 radical (unpaired) electrons. The third-order valence-corrected chi connectivity index (χ3v) is 3.40. The molecule has 1 aromatic rings. The summed E-state index contributed by atoms with van der Waals surface area (Å²) >= 11 is 0. The van der Waals surface area contributed by atoms with Gasteiger partial charge in [0.1, 0.15) is 5.75 Å². The van der Waals surface area contributed by atoms with Gasteiger partial charge in [-0.05, 0) is 19.4 Å². The lowest BCUT2D eigenvalue weighted by atomic mass is 10.1. The van der Waals surface area contributed by atoms with Crippen LogP contribution in [-0.2, 0) is 4.74 Å². The normalized spacial score (nSPS) is 18.2. The van der Waals surface area contributed by atoms with Crippen LogP contribution in [-0.4, -0.2) is 49.5 Å². The first-order valence-electron chi connectivity index (χ1n) is 7.01. The zero-order valence-electron chi connectivity index (χ0n) is 11.5. The summed E-state index contributed by atoms with van der Waals surface area (Å²) in [6.07, 6.45) is 0.259. The number of hydrogen-bond donors (Lipinski definition) is 1. The first kappa shape index (κ1) is 14.3. The molecule has 2 rings (SSSR count). The van der Waals surface area contributed by atoms with Crippen molar-refractivity contribution in [2.24, 2.45) is 0 Å². The van der Waals surface area contributed by atoms with Crippen LogP contribution < -0.4 is 4.74 Å². The standard InChI is InChI=1S/C15H23NO3/c1-2-19-15-6-4-3-5-13(15)14(17)7-8-16-9-11-18-12-10-16/h3-6,14,17H,2,7-12H2,1H3. The number of aliphatic hydroxyl groups excluding tert-OH is 1. The fourth-order valence-corrected chi connectivity index (χ4v) is 2.33. The highest BCUT2D eigenvalue weighted by atomic mass is 16.5. The van der Waals surface area contributed by atoms with Gasteiger partial charge >= 0.3 is 0 Å². The topological polar surface area (TPSA) is 41.9 Å². The molecule has 4 heteroatoms. The fraction of sp³-hybridized carbons (Fsp3) is 0.600. The molecule has 1 N–H and O–H groups in total. The number of aliphatic hydroxyl groups is 1. The van der Waals surface area contributed by atoms with E-state index in [0.29, 0.717) is 6.61 Å². The molecule has 19 heavy (non-hydrogen) atoms. The van der Waals surface area contributed by atoms with Crippen molar-refractivity contribution in [3.05, 3.63) is 29.8 Å². The van der Waals surface area contributed by atoms with Crippen LogP contribution in [0.1, 0.15) is 25.0 Å². The van der Waals surface area contributed by atoms with Gasteiger partial charge in [0, 0.05) is 25.2 Å². The number of nitrogens with zero attached hydrogens (tertiary/aromatic N) is 1. The van der Waals surface area contributed by atoms with Gasteiger partial charge < -0.3 is 14.6 Å². The van der Waals surface area contributed by atoms with Gasteiger partial charge in [-0.25, -0.2) is 0 Å². The van der Waals surface area contributed by atoms with Gasteiger partial charge in [-0.2, -0.15) is 0 Å². The van der Waals surface area contributed by atoms with Gasteiger partial charge in [-0.1, -0.05) is 18.2 Å². The molecular formula is C15H23NO3. The van der Waals surface area contributed by atoms with Crippen LogP contribution in [0.2, 0.25) is 0 Å². The second kappa shape index (κ2) is 7.48. The van der Waals surface area contributed by atoms with Crippen LogP contribution in [0.4, 0.5) is 0 Å². The van der Waals surface area contributed by atoms with Crippen LogP contribution in [0.15, 0.2) is 24.3 Å². The predicted molar refractivity (Wildman–Crippen MR) is 74.4 cm³/mol. The molecule has 0 spiro atoms. The monoisotopic (exact) mass is 265 g/mol. The Morgan fingerprint density at radius 3 is 2.79 bits per heavy atom. The van der Waals surface area contributed by atoms with Crippen LogP contribution >= 0.6 is 0 Å². The number of morpholine rings is 1. The molecule has 1 aliphatic heterocycles. The quantitative estimate of drug-likeness (QED) is 0.852. The minimum Gasteiger partial charge on any atom is -0.493 e. The molecule has 4 nitrogen and oxygen atoms in total. The molecule has 106 valence electrons. The summed E-state index contributed by atoms with van der Waals surface area (Å²) in [6.45, 7) is 6.98. The molecule has 1 heterocycles. The van der Waals surface area contributed by atoms with E-state index in [1.165, 1.54) is 0 Å². The van der Waals surface area contributed by atoms with E-state index < -0.39 is 6.10 Å². The average molecular weight is 265 g/mol. The zero-order chi connectivity index (χ0) is 13.5. The number of hydrogen-bond acceptors (Lipinski definition) is 4. The van der Waals surface area contributed by atoms with Gasteiger partial charge in [0.15, 0.2) is 0 Å². The van der Waals surface area contributed by atoms with E-state index >= 15 is 0 Å². The predicted octanol–water partition coefficient (Wildman–Crippen LogP) is 1.84. The second-order valence-electron chi connectivity index (χ2n) is 4.73. The van der Waals surface area contributed by atoms with Crippen LogP contribution in [0.25, 0.3) is 0 Å². The molecule has 0 bridgehead atoms. The molecule has 1 unspecified atom stereocenters. The lowest BCUT2D eigenvalue weighted by Crippen LogP contribution is -2.37.